The van der Waals surface area contributed by atoms with Crippen LogP contribution in [0.15, 0.2) is 18.2 Å². The highest BCUT2D eigenvalue weighted by Gasteiger charge is 2.28. The van der Waals surface area contributed by atoms with Crippen LogP contribution < -0.4 is 11.1 Å². The molecular weight excluding hydrogens is 316 g/mol. The Labute approximate surface area is 141 Å². The summed E-state index contributed by atoms with van der Waals surface area (Å²) in [4.78, 5) is 24.0. The summed E-state index contributed by atoms with van der Waals surface area (Å²) in [5.41, 5.74) is 6.17. The van der Waals surface area contributed by atoms with Crippen LogP contribution in [0.4, 0.5) is 5.69 Å². The Morgan fingerprint density at radius 1 is 1.35 bits per heavy atom. The molecule has 126 valence electrons. The first-order chi connectivity index (χ1) is 10.9. The average molecular weight is 339 g/mol. The molecule has 0 aromatic heterocycles. The summed E-state index contributed by atoms with van der Waals surface area (Å²) in [6.45, 7) is 4.04. The van der Waals surface area contributed by atoms with Crippen molar-refractivity contribution in [2.24, 2.45) is 11.8 Å². The number of amides is 1. The van der Waals surface area contributed by atoms with Crippen molar-refractivity contribution in [2.75, 3.05) is 12.3 Å². The maximum Gasteiger partial charge on any atom is 0.340 e. The zero-order valence-electron chi connectivity index (χ0n) is 13.5. The van der Waals surface area contributed by atoms with Gasteiger partial charge >= 0.3 is 5.97 Å². The minimum absolute atomic E-state index is 0.144. The number of benzene rings is 1. The van der Waals surface area contributed by atoms with Crippen LogP contribution in [-0.4, -0.2) is 24.5 Å². The minimum atomic E-state index is -0.626. The van der Waals surface area contributed by atoms with E-state index in [9.17, 15) is 9.59 Å². The van der Waals surface area contributed by atoms with E-state index in [1.54, 1.807) is 6.07 Å². The number of carbonyl (C=O) groups is 2. The van der Waals surface area contributed by atoms with Gasteiger partial charge in [0.1, 0.15) is 0 Å². The van der Waals surface area contributed by atoms with E-state index >= 15 is 0 Å². The first-order valence-electron chi connectivity index (χ1n) is 7.90. The molecule has 1 aliphatic carbocycles. The first-order valence-corrected chi connectivity index (χ1v) is 8.27. The van der Waals surface area contributed by atoms with Crippen LogP contribution in [0.1, 0.15) is 43.5 Å². The lowest BCUT2D eigenvalue weighted by Gasteiger charge is -2.34. The SMILES string of the molecule is C[C@@H]1[C@H](C)CCC[C@H]1NC(=O)COC(=O)c1ccc(Cl)cc1N. The van der Waals surface area contributed by atoms with Crippen molar-refractivity contribution in [3.05, 3.63) is 28.8 Å². The van der Waals surface area contributed by atoms with Gasteiger partial charge in [0.15, 0.2) is 6.61 Å². The number of halogens is 1. The summed E-state index contributed by atoms with van der Waals surface area (Å²) >= 11 is 5.79. The van der Waals surface area contributed by atoms with Crippen molar-refractivity contribution in [1.29, 1.82) is 0 Å². The molecule has 23 heavy (non-hydrogen) atoms. The number of nitrogen functional groups attached to an aromatic ring is 1. The number of ether oxygens (including phenoxy) is 1. The Hall–Kier alpha value is -1.75. The smallest absolute Gasteiger partial charge is 0.340 e. The van der Waals surface area contributed by atoms with Crippen molar-refractivity contribution < 1.29 is 14.3 Å². The fourth-order valence-electron chi connectivity index (χ4n) is 2.96. The maximum atomic E-state index is 12.0. The number of hydrogen-bond acceptors (Lipinski definition) is 4. The number of rotatable bonds is 4. The van der Waals surface area contributed by atoms with Gasteiger partial charge in [-0.2, -0.15) is 0 Å². The van der Waals surface area contributed by atoms with Crippen molar-refractivity contribution in [1.82, 2.24) is 5.32 Å². The number of nitrogens with two attached hydrogens (primary N) is 1. The van der Waals surface area contributed by atoms with Crippen LogP contribution in [0.3, 0.4) is 0 Å². The van der Waals surface area contributed by atoms with Gasteiger partial charge in [-0.3, -0.25) is 4.79 Å². The predicted molar refractivity (Wildman–Crippen MR) is 90.3 cm³/mol. The van der Waals surface area contributed by atoms with Gasteiger partial charge in [-0.05, 0) is 36.5 Å². The number of anilines is 1. The number of nitrogens with one attached hydrogen (secondary N) is 1. The van der Waals surface area contributed by atoms with Crippen LogP contribution in [0, 0.1) is 11.8 Å². The fourth-order valence-corrected chi connectivity index (χ4v) is 3.14. The monoisotopic (exact) mass is 338 g/mol. The Morgan fingerprint density at radius 3 is 2.78 bits per heavy atom. The quantitative estimate of drug-likeness (QED) is 0.653. The van der Waals surface area contributed by atoms with Crippen LogP contribution in [0.25, 0.3) is 0 Å². The lowest BCUT2D eigenvalue weighted by Crippen LogP contribution is -2.45. The second-order valence-electron chi connectivity index (χ2n) is 6.25. The van der Waals surface area contributed by atoms with Crippen LogP contribution in [0.5, 0.6) is 0 Å². The second kappa shape index (κ2) is 7.68. The van der Waals surface area contributed by atoms with E-state index in [1.165, 1.54) is 18.6 Å². The van der Waals surface area contributed by atoms with E-state index in [2.05, 4.69) is 19.2 Å². The summed E-state index contributed by atoms with van der Waals surface area (Å²) in [6, 6.07) is 4.66. The summed E-state index contributed by atoms with van der Waals surface area (Å²) in [5.74, 6) is 0.108. The lowest BCUT2D eigenvalue weighted by molar-refractivity contribution is -0.125. The lowest BCUT2D eigenvalue weighted by atomic mass is 9.78. The molecule has 0 heterocycles. The first kappa shape index (κ1) is 17.6. The van der Waals surface area contributed by atoms with E-state index in [-0.39, 0.29) is 29.8 Å². The molecule has 2 rings (SSSR count). The third kappa shape index (κ3) is 4.61. The van der Waals surface area contributed by atoms with Crippen molar-refractivity contribution in [2.45, 2.75) is 39.2 Å². The number of esters is 1. The van der Waals surface area contributed by atoms with E-state index in [0.717, 1.165) is 12.8 Å². The highest BCUT2D eigenvalue weighted by Crippen LogP contribution is 2.29. The fraction of sp³-hybridized carbons (Fsp3) is 0.529. The van der Waals surface area contributed by atoms with Gasteiger partial charge < -0.3 is 15.8 Å². The number of hydrogen-bond donors (Lipinski definition) is 2. The summed E-state index contributed by atoms with van der Waals surface area (Å²) < 4.78 is 5.04. The molecule has 3 N–H and O–H groups in total. The molecule has 1 aromatic carbocycles. The van der Waals surface area contributed by atoms with Crippen molar-refractivity contribution in [3.63, 3.8) is 0 Å². The molecule has 0 unspecified atom stereocenters. The molecule has 0 spiro atoms. The highest BCUT2D eigenvalue weighted by atomic mass is 35.5. The van der Waals surface area contributed by atoms with Gasteiger partial charge in [0, 0.05) is 16.8 Å². The molecule has 0 bridgehead atoms. The van der Waals surface area contributed by atoms with Gasteiger partial charge in [0.2, 0.25) is 0 Å². The van der Waals surface area contributed by atoms with E-state index in [4.69, 9.17) is 22.1 Å². The molecule has 1 amide bonds. The third-order valence-corrected chi connectivity index (χ3v) is 4.86. The molecule has 0 radical (unpaired) electrons. The van der Waals surface area contributed by atoms with Crippen molar-refractivity contribution >= 4 is 29.2 Å². The van der Waals surface area contributed by atoms with Gasteiger partial charge in [0.25, 0.3) is 5.91 Å². The average Bonchev–Trinajstić information content (AvgIpc) is 2.49. The molecule has 1 aromatic rings. The zero-order chi connectivity index (χ0) is 17.0. The van der Waals surface area contributed by atoms with Gasteiger partial charge in [-0.1, -0.05) is 38.3 Å². The molecular formula is C17H23ClN2O3. The summed E-state index contributed by atoms with van der Waals surface area (Å²) in [6.07, 6.45) is 3.27. The molecule has 1 fully saturated rings. The minimum Gasteiger partial charge on any atom is -0.452 e. The standard InChI is InChI=1S/C17H23ClN2O3/c1-10-4-3-5-15(11(10)2)20-16(21)9-23-17(22)13-7-6-12(18)8-14(13)19/h6-8,10-11,15H,3-5,9,19H2,1-2H3,(H,20,21)/t10-,11-,15-/m1/s1. The van der Waals surface area contributed by atoms with Gasteiger partial charge in [0.05, 0.1) is 5.56 Å². The van der Waals surface area contributed by atoms with E-state index in [1.807, 2.05) is 0 Å². The molecule has 0 saturated heterocycles. The molecule has 1 saturated carbocycles. The zero-order valence-corrected chi connectivity index (χ0v) is 14.2. The van der Waals surface area contributed by atoms with E-state index in [0.29, 0.717) is 16.9 Å². The molecule has 3 atom stereocenters. The Bertz CT molecular complexity index is 591. The predicted octanol–water partition coefficient (Wildman–Crippen LogP) is 3.02. The van der Waals surface area contributed by atoms with E-state index < -0.39 is 5.97 Å². The molecule has 1 aliphatic rings. The molecule has 0 aliphatic heterocycles. The van der Waals surface area contributed by atoms with Crippen molar-refractivity contribution in [3.8, 4) is 0 Å². The van der Waals surface area contributed by atoms with Gasteiger partial charge in [-0.15, -0.1) is 0 Å². The van der Waals surface area contributed by atoms with Crippen LogP contribution in [-0.2, 0) is 9.53 Å². The normalized spacial score (nSPS) is 24.0. The van der Waals surface area contributed by atoms with Crippen LogP contribution in [0.2, 0.25) is 5.02 Å². The molecule has 6 heteroatoms. The largest absolute Gasteiger partial charge is 0.452 e. The Kier molecular flexibility index (Phi) is 5.88. The Morgan fingerprint density at radius 2 is 2.09 bits per heavy atom. The summed E-state index contributed by atoms with van der Waals surface area (Å²) in [7, 11) is 0. The third-order valence-electron chi connectivity index (χ3n) is 4.62. The topological polar surface area (TPSA) is 81.4 Å². The number of carbonyl (C=O) groups excluding carboxylic acids is 2. The van der Waals surface area contributed by atoms with Gasteiger partial charge in [-0.25, -0.2) is 4.79 Å². The maximum absolute atomic E-state index is 12.0. The van der Waals surface area contributed by atoms with Crippen LogP contribution >= 0.6 is 11.6 Å². The highest BCUT2D eigenvalue weighted by molar-refractivity contribution is 6.31. The Balaban J connectivity index is 1.85. The second-order valence-corrected chi connectivity index (χ2v) is 6.69. The summed E-state index contributed by atoms with van der Waals surface area (Å²) in [5, 5.41) is 3.40. The molecule has 5 nitrogen and oxygen atoms in total.